The lowest BCUT2D eigenvalue weighted by Gasteiger charge is -2.10. The van der Waals surface area contributed by atoms with Crippen LogP contribution in [0.1, 0.15) is 18.0 Å². The van der Waals surface area contributed by atoms with Gasteiger partial charge in [-0.1, -0.05) is 23.9 Å². The number of hydrogen-bond acceptors (Lipinski definition) is 6. The summed E-state index contributed by atoms with van der Waals surface area (Å²) in [6, 6.07) is 8.99. The predicted octanol–water partition coefficient (Wildman–Crippen LogP) is 2.62. The predicted molar refractivity (Wildman–Crippen MR) is 80.6 cm³/mol. The van der Waals surface area contributed by atoms with E-state index in [1.165, 1.54) is 17.8 Å². The third-order valence-electron chi connectivity index (χ3n) is 2.85. The average molecular weight is 319 g/mol. The second kappa shape index (κ2) is 7.01. The summed E-state index contributed by atoms with van der Waals surface area (Å²) in [6.45, 7) is 0. The topological polar surface area (TPSA) is 119 Å². The van der Waals surface area contributed by atoms with Crippen LogP contribution in [0.25, 0.3) is 0 Å². The largest absolute Gasteiger partial charge is 0.481 e. The van der Waals surface area contributed by atoms with Gasteiger partial charge in [0, 0.05) is 18.3 Å². The number of nitro groups is 1. The number of nitrogens with two attached hydrogens (primary N) is 1. The van der Waals surface area contributed by atoms with Crippen molar-refractivity contribution < 1.29 is 14.8 Å². The fourth-order valence-electron chi connectivity index (χ4n) is 1.82. The van der Waals surface area contributed by atoms with Gasteiger partial charge in [0.2, 0.25) is 0 Å². The molecular formula is C14H13N3O4S. The van der Waals surface area contributed by atoms with Gasteiger partial charge in [-0.3, -0.25) is 14.9 Å². The zero-order chi connectivity index (χ0) is 16.1. The minimum absolute atomic E-state index is 0.117. The minimum atomic E-state index is -1.05. The maximum atomic E-state index is 11.2. The molecule has 0 amide bonds. The van der Waals surface area contributed by atoms with Crippen molar-refractivity contribution in [2.24, 2.45) is 5.73 Å². The lowest BCUT2D eigenvalue weighted by Crippen LogP contribution is -2.15. The molecule has 7 nitrogen and oxygen atoms in total. The van der Waals surface area contributed by atoms with E-state index in [2.05, 4.69) is 4.98 Å². The van der Waals surface area contributed by atoms with Crippen LogP contribution in [0.2, 0.25) is 0 Å². The van der Waals surface area contributed by atoms with Crippen LogP contribution in [0.3, 0.4) is 0 Å². The second-order valence-corrected chi connectivity index (χ2v) is 5.52. The molecule has 0 fully saturated rings. The Balaban J connectivity index is 2.31. The highest BCUT2D eigenvalue weighted by Gasteiger charge is 2.19. The molecule has 114 valence electrons. The third-order valence-corrected chi connectivity index (χ3v) is 3.87. The normalized spacial score (nSPS) is 11.9. The Morgan fingerprint density at radius 3 is 2.77 bits per heavy atom. The SMILES string of the molecule is NC(CC(=O)O)c1ccc(Sc2ccccn2)c([N+](=O)[O-])c1. The van der Waals surface area contributed by atoms with Crippen LogP contribution in [0.5, 0.6) is 0 Å². The molecule has 0 aliphatic rings. The van der Waals surface area contributed by atoms with Crippen LogP contribution < -0.4 is 5.73 Å². The Morgan fingerprint density at radius 1 is 1.41 bits per heavy atom. The number of nitro benzene ring substituents is 1. The van der Waals surface area contributed by atoms with Gasteiger partial charge in [-0.15, -0.1) is 0 Å². The molecule has 0 saturated heterocycles. The van der Waals surface area contributed by atoms with E-state index >= 15 is 0 Å². The number of carboxylic acids is 1. The van der Waals surface area contributed by atoms with E-state index in [4.69, 9.17) is 10.8 Å². The molecule has 22 heavy (non-hydrogen) atoms. The summed E-state index contributed by atoms with van der Waals surface area (Å²) in [7, 11) is 0. The van der Waals surface area contributed by atoms with E-state index < -0.39 is 16.9 Å². The number of aliphatic carboxylic acids is 1. The number of carbonyl (C=O) groups is 1. The molecule has 0 aliphatic carbocycles. The Bertz CT molecular complexity index is 694. The van der Waals surface area contributed by atoms with Crippen molar-refractivity contribution in [1.29, 1.82) is 0 Å². The number of pyridine rings is 1. The zero-order valence-corrected chi connectivity index (χ0v) is 12.2. The van der Waals surface area contributed by atoms with E-state index in [1.54, 1.807) is 36.5 Å². The summed E-state index contributed by atoms with van der Waals surface area (Å²) in [5, 5.41) is 20.6. The van der Waals surface area contributed by atoms with E-state index in [-0.39, 0.29) is 12.1 Å². The third kappa shape index (κ3) is 4.03. The summed E-state index contributed by atoms with van der Waals surface area (Å²) in [6.07, 6.45) is 1.31. The van der Waals surface area contributed by atoms with Crippen molar-refractivity contribution in [2.75, 3.05) is 0 Å². The van der Waals surface area contributed by atoms with Crippen LogP contribution in [-0.4, -0.2) is 21.0 Å². The van der Waals surface area contributed by atoms with Gasteiger partial charge in [0.15, 0.2) is 0 Å². The highest BCUT2D eigenvalue weighted by molar-refractivity contribution is 7.99. The fourth-order valence-corrected chi connectivity index (χ4v) is 2.68. The van der Waals surface area contributed by atoms with Gasteiger partial charge < -0.3 is 10.8 Å². The summed E-state index contributed by atoms with van der Waals surface area (Å²) < 4.78 is 0. The zero-order valence-electron chi connectivity index (χ0n) is 11.4. The van der Waals surface area contributed by atoms with Crippen molar-refractivity contribution in [1.82, 2.24) is 4.98 Å². The van der Waals surface area contributed by atoms with Gasteiger partial charge in [-0.25, -0.2) is 4.98 Å². The molecule has 8 heteroatoms. The van der Waals surface area contributed by atoms with Crippen LogP contribution in [-0.2, 0) is 4.79 Å². The van der Waals surface area contributed by atoms with Crippen molar-refractivity contribution >= 4 is 23.4 Å². The van der Waals surface area contributed by atoms with Crippen LogP contribution in [0, 0.1) is 10.1 Å². The summed E-state index contributed by atoms with van der Waals surface area (Å²) in [5.41, 5.74) is 6.04. The van der Waals surface area contributed by atoms with Gasteiger partial charge in [0.1, 0.15) is 5.03 Å². The standard InChI is InChI=1S/C14H13N3O4S/c15-10(8-14(18)19)9-4-5-12(11(7-9)17(20)21)22-13-3-1-2-6-16-13/h1-7,10H,8,15H2,(H,18,19). The first-order valence-electron chi connectivity index (χ1n) is 6.32. The van der Waals surface area contributed by atoms with E-state index in [0.29, 0.717) is 15.5 Å². The number of nitrogens with zero attached hydrogens (tertiary/aromatic N) is 2. The molecule has 1 heterocycles. The molecule has 0 saturated carbocycles. The minimum Gasteiger partial charge on any atom is -0.481 e. The number of benzene rings is 1. The summed E-state index contributed by atoms with van der Waals surface area (Å²) in [4.78, 5) is 25.9. The smallest absolute Gasteiger partial charge is 0.305 e. The molecular weight excluding hydrogens is 306 g/mol. The van der Waals surface area contributed by atoms with E-state index in [9.17, 15) is 14.9 Å². The Kier molecular flexibility index (Phi) is 5.08. The Hall–Kier alpha value is -2.45. The van der Waals surface area contributed by atoms with E-state index in [1.807, 2.05) is 0 Å². The molecule has 1 aromatic heterocycles. The molecule has 0 bridgehead atoms. The molecule has 2 aromatic rings. The lowest BCUT2D eigenvalue weighted by molar-refractivity contribution is -0.387. The number of hydrogen-bond donors (Lipinski definition) is 2. The van der Waals surface area contributed by atoms with Crippen LogP contribution in [0.15, 0.2) is 52.5 Å². The van der Waals surface area contributed by atoms with Crippen LogP contribution in [0.4, 0.5) is 5.69 Å². The maximum absolute atomic E-state index is 11.2. The Morgan fingerprint density at radius 2 is 2.18 bits per heavy atom. The fraction of sp³-hybridized carbons (Fsp3) is 0.143. The van der Waals surface area contributed by atoms with E-state index in [0.717, 1.165) is 0 Å². The molecule has 1 aromatic carbocycles. The van der Waals surface area contributed by atoms with Crippen LogP contribution >= 0.6 is 11.8 Å². The first-order valence-corrected chi connectivity index (χ1v) is 7.13. The quantitative estimate of drug-likeness (QED) is 0.620. The average Bonchev–Trinajstić information content (AvgIpc) is 2.47. The first kappa shape index (κ1) is 15.9. The number of aromatic nitrogens is 1. The first-order chi connectivity index (χ1) is 10.5. The van der Waals surface area contributed by atoms with Crippen molar-refractivity contribution in [3.8, 4) is 0 Å². The Labute approximate surface area is 130 Å². The highest BCUT2D eigenvalue weighted by Crippen LogP contribution is 2.35. The number of carboxylic acid groups (broad SMARTS) is 1. The van der Waals surface area contributed by atoms with Gasteiger partial charge in [0.05, 0.1) is 16.2 Å². The molecule has 3 N–H and O–H groups in total. The second-order valence-electron chi connectivity index (χ2n) is 4.46. The van der Waals surface area contributed by atoms with Gasteiger partial charge in [-0.05, 0) is 23.8 Å². The molecule has 0 radical (unpaired) electrons. The lowest BCUT2D eigenvalue weighted by atomic mass is 10.0. The summed E-state index contributed by atoms with van der Waals surface area (Å²) in [5.74, 6) is -1.05. The summed E-state index contributed by atoms with van der Waals surface area (Å²) >= 11 is 1.17. The maximum Gasteiger partial charge on any atom is 0.305 e. The highest BCUT2D eigenvalue weighted by atomic mass is 32.2. The van der Waals surface area contributed by atoms with Crippen molar-refractivity contribution in [3.63, 3.8) is 0 Å². The van der Waals surface area contributed by atoms with Gasteiger partial charge in [0.25, 0.3) is 5.69 Å². The van der Waals surface area contributed by atoms with Crippen molar-refractivity contribution in [2.45, 2.75) is 22.4 Å². The monoisotopic (exact) mass is 319 g/mol. The van der Waals surface area contributed by atoms with Crippen molar-refractivity contribution in [3.05, 3.63) is 58.3 Å². The molecule has 1 atom stereocenters. The molecule has 0 spiro atoms. The number of rotatable bonds is 6. The molecule has 0 aliphatic heterocycles. The molecule has 2 rings (SSSR count). The molecule has 1 unspecified atom stereocenters. The van der Waals surface area contributed by atoms with Gasteiger partial charge in [-0.2, -0.15) is 0 Å². The van der Waals surface area contributed by atoms with Gasteiger partial charge >= 0.3 is 5.97 Å².